The Labute approximate surface area is 241 Å². The van der Waals surface area contributed by atoms with E-state index in [4.69, 9.17) is 21.3 Å². The lowest BCUT2D eigenvalue weighted by atomic mass is 9.66. The lowest BCUT2D eigenvalue weighted by Gasteiger charge is -2.38. The lowest BCUT2D eigenvalue weighted by molar-refractivity contribution is -0.140. The zero-order valence-corrected chi connectivity index (χ0v) is 24.0. The van der Waals surface area contributed by atoms with Crippen molar-refractivity contribution in [1.82, 2.24) is 0 Å². The van der Waals surface area contributed by atoms with E-state index in [0.29, 0.717) is 29.1 Å². The smallest absolute Gasteiger partial charge is 0.336 e. The second-order valence-corrected chi connectivity index (χ2v) is 10.9. The monoisotopic (exact) mass is 554 g/mol. The van der Waals surface area contributed by atoms with Gasteiger partial charge in [-0.05, 0) is 74.1 Å². The fourth-order valence-electron chi connectivity index (χ4n) is 6.05. The van der Waals surface area contributed by atoms with E-state index in [2.05, 4.69) is 43.0 Å². The summed E-state index contributed by atoms with van der Waals surface area (Å²) in [6.45, 7) is 8.09. The maximum absolute atomic E-state index is 13.9. The van der Waals surface area contributed by atoms with E-state index in [1.165, 1.54) is 0 Å². The quantitative estimate of drug-likeness (QED) is 0.270. The minimum atomic E-state index is -0.495. The molecule has 3 atom stereocenters. The molecule has 5 nitrogen and oxygen atoms in total. The Balaban J connectivity index is 1.51. The van der Waals surface area contributed by atoms with Gasteiger partial charge < -0.3 is 9.64 Å². The molecule has 1 saturated carbocycles. The average Bonchev–Trinajstić information content (AvgIpc) is 2.97. The van der Waals surface area contributed by atoms with Gasteiger partial charge in [-0.15, -0.1) is 0 Å². The first-order chi connectivity index (χ1) is 19.4. The van der Waals surface area contributed by atoms with Gasteiger partial charge >= 0.3 is 5.97 Å². The number of carbonyl (C=O) groups is 2. The molecule has 3 aromatic rings. The second kappa shape index (κ2) is 12.2. The lowest BCUT2D eigenvalue weighted by Crippen LogP contribution is -2.41. The van der Waals surface area contributed by atoms with Crippen LogP contribution < -0.4 is 4.90 Å². The Morgan fingerprint density at radius 3 is 2.20 bits per heavy atom. The number of hydrogen-bond donors (Lipinski definition) is 0. The molecule has 206 valence electrons. The summed E-state index contributed by atoms with van der Waals surface area (Å²) >= 11 is 6.11. The molecule has 0 spiro atoms. The van der Waals surface area contributed by atoms with Gasteiger partial charge in [-0.1, -0.05) is 66.2 Å². The Bertz CT molecular complexity index is 1420. The fraction of sp³-hybridized carbons (Fsp3) is 0.324. The largest absolute Gasteiger partial charge is 0.457 e. The van der Waals surface area contributed by atoms with Crippen molar-refractivity contribution in [2.45, 2.75) is 52.1 Å². The number of ketones is 1. The molecule has 0 N–H and O–H groups in total. The van der Waals surface area contributed by atoms with E-state index in [1.54, 1.807) is 0 Å². The Morgan fingerprint density at radius 2 is 1.55 bits per heavy atom. The molecule has 0 bridgehead atoms. The minimum Gasteiger partial charge on any atom is -0.457 e. The zero-order valence-electron chi connectivity index (χ0n) is 23.3. The number of halogens is 1. The van der Waals surface area contributed by atoms with Gasteiger partial charge in [0.2, 0.25) is 0 Å². The average molecular weight is 555 g/mol. The standard InChI is InChI=1S/C34H35ClN2O3/c1-4-37(5-2)28-17-13-25(14-18-28)32-31(34(39)40-21-23-9-7-6-8-10-23)22(3)36-29-19-26(20-30(38)33(29)32)24-11-15-27(35)16-12-24/h6-18,26,32-33H,4-5,19-21H2,1-3H3/t26-,32+,33?/m1/s1. The van der Waals surface area contributed by atoms with Crippen molar-refractivity contribution < 1.29 is 14.3 Å². The summed E-state index contributed by atoms with van der Waals surface area (Å²) in [6.07, 6.45) is 1.06. The van der Waals surface area contributed by atoms with Gasteiger partial charge in [-0.25, -0.2) is 4.79 Å². The number of anilines is 1. The summed E-state index contributed by atoms with van der Waals surface area (Å²) < 4.78 is 5.80. The van der Waals surface area contributed by atoms with Crippen molar-refractivity contribution in [3.63, 3.8) is 0 Å². The highest BCUT2D eigenvalue weighted by Gasteiger charge is 2.46. The van der Waals surface area contributed by atoms with Crippen molar-refractivity contribution >= 4 is 34.8 Å². The SMILES string of the molecule is CCN(CC)c1ccc([C@H]2C(C(=O)OCc3ccccc3)=C(C)N=C3C[C@@H](c4ccc(Cl)cc4)CC(=O)C32)cc1. The highest BCUT2D eigenvalue weighted by Crippen LogP contribution is 2.46. The van der Waals surface area contributed by atoms with Crippen LogP contribution in [0.1, 0.15) is 62.1 Å². The Morgan fingerprint density at radius 1 is 0.900 bits per heavy atom. The number of ether oxygens (including phenoxy) is 1. The van der Waals surface area contributed by atoms with Crippen LogP contribution in [-0.2, 0) is 20.9 Å². The number of benzene rings is 3. The number of fused-ring (bicyclic) bond motifs is 1. The van der Waals surface area contributed by atoms with Gasteiger partial charge in [-0.3, -0.25) is 9.79 Å². The number of Topliss-reactive ketones (excluding diaryl/α,β-unsaturated/α-hetero) is 1. The topological polar surface area (TPSA) is 59.0 Å². The van der Waals surface area contributed by atoms with Crippen LogP contribution in [0.15, 0.2) is 95.1 Å². The molecule has 2 aliphatic rings. The molecule has 1 aliphatic carbocycles. The number of esters is 1. The van der Waals surface area contributed by atoms with Crippen LogP contribution in [0.25, 0.3) is 0 Å². The molecule has 1 aliphatic heterocycles. The maximum atomic E-state index is 13.9. The number of hydrogen-bond acceptors (Lipinski definition) is 5. The summed E-state index contributed by atoms with van der Waals surface area (Å²) in [5.41, 5.74) is 5.96. The number of rotatable bonds is 8. The van der Waals surface area contributed by atoms with Gasteiger partial charge in [0.25, 0.3) is 0 Å². The summed E-state index contributed by atoms with van der Waals surface area (Å²) in [5, 5.41) is 0.671. The summed E-state index contributed by atoms with van der Waals surface area (Å²) in [5.74, 6) is -1.23. The van der Waals surface area contributed by atoms with E-state index >= 15 is 0 Å². The molecule has 3 aromatic carbocycles. The van der Waals surface area contributed by atoms with E-state index in [9.17, 15) is 9.59 Å². The highest BCUT2D eigenvalue weighted by atomic mass is 35.5. The fourth-order valence-corrected chi connectivity index (χ4v) is 6.18. The van der Waals surface area contributed by atoms with E-state index in [0.717, 1.165) is 41.2 Å². The second-order valence-electron chi connectivity index (χ2n) is 10.5. The van der Waals surface area contributed by atoms with Crippen molar-refractivity contribution in [1.29, 1.82) is 0 Å². The zero-order chi connectivity index (χ0) is 28.2. The van der Waals surface area contributed by atoms with Crippen LogP contribution in [0.2, 0.25) is 5.02 Å². The van der Waals surface area contributed by atoms with Crippen LogP contribution in [-0.4, -0.2) is 30.6 Å². The molecule has 40 heavy (non-hydrogen) atoms. The number of nitrogens with zero attached hydrogens (tertiary/aromatic N) is 2. The maximum Gasteiger partial charge on any atom is 0.336 e. The molecule has 1 fully saturated rings. The molecular formula is C34H35ClN2O3. The third-order valence-electron chi connectivity index (χ3n) is 8.11. The van der Waals surface area contributed by atoms with Crippen LogP contribution in [0.4, 0.5) is 5.69 Å². The van der Waals surface area contributed by atoms with Crippen molar-refractivity contribution in [3.05, 3.63) is 112 Å². The predicted molar refractivity (Wildman–Crippen MR) is 161 cm³/mol. The highest BCUT2D eigenvalue weighted by molar-refractivity contribution is 6.30. The number of allylic oxidation sites excluding steroid dienone is 1. The molecule has 0 amide bonds. The van der Waals surface area contributed by atoms with E-state index in [-0.39, 0.29) is 18.3 Å². The normalized spacial score (nSPS) is 20.6. The van der Waals surface area contributed by atoms with Gasteiger partial charge in [0.05, 0.1) is 11.5 Å². The third-order valence-corrected chi connectivity index (χ3v) is 8.36. The Hall–Kier alpha value is -3.70. The van der Waals surface area contributed by atoms with Crippen LogP contribution in [0.5, 0.6) is 0 Å². The summed E-state index contributed by atoms with van der Waals surface area (Å²) in [6, 6.07) is 25.6. The van der Waals surface area contributed by atoms with E-state index < -0.39 is 17.8 Å². The third kappa shape index (κ3) is 5.75. The van der Waals surface area contributed by atoms with Crippen molar-refractivity contribution in [2.75, 3.05) is 18.0 Å². The first-order valence-corrected chi connectivity index (χ1v) is 14.4. The molecule has 0 aromatic heterocycles. The molecule has 6 heteroatoms. The number of carbonyl (C=O) groups excluding carboxylic acids is 2. The molecule has 5 rings (SSSR count). The van der Waals surface area contributed by atoms with Gasteiger partial charge in [-0.2, -0.15) is 0 Å². The molecule has 1 unspecified atom stereocenters. The van der Waals surface area contributed by atoms with Crippen LogP contribution >= 0.6 is 11.6 Å². The van der Waals surface area contributed by atoms with E-state index in [1.807, 2.05) is 61.5 Å². The first kappa shape index (κ1) is 27.9. The molecule has 1 heterocycles. The first-order valence-electron chi connectivity index (χ1n) is 14.0. The van der Waals surface area contributed by atoms with Gasteiger partial charge in [0.15, 0.2) is 0 Å². The Kier molecular flexibility index (Phi) is 8.51. The number of aliphatic imine (C=N–C) groups is 1. The molecule has 0 saturated heterocycles. The van der Waals surface area contributed by atoms with Crippen LogP contribution in [0, 0.1) is 5.92 Å². The summed E-state index contributed by atoms with van der Waals surface area (Å²) in [4.78, 5) is 34.7. The summed E-state index contributed by atoms with van der Waals surface area (Å²) in [7, 11) is 0. The van der Waals surface area contributed by atoms with Crippen molar-refractivity contribution in [2.24, 2.45) is 10.9 Å². The van der Waals surface area contributed by atoms with Crippen molar-refractivity contribution in [3.8, 4) is 0 Å². The minimum absolute atomic E-state index is 0.0323. The van der Waals surface area contributed by atoms with Gasteiger partial charge in [0, 0.05) is 47.5 Å². The molecule has 0 radical (unpaired) electrons. The predicted octanol–water partition coefficient (Wildman–Crippen LogP) is 7.50. The van der Waals surface area contributed by atoms with Gasteiger partial charge in [0.1, 0.15) is 12.4 Å². The van der Waals surface area contributed by atoms with Crippen LogP contribution in [0.3, 0.4) is 0 Å². The molecular weight excluding hydrogens is 520 g/mol.